The molecule has 8 heteroatoms. The van der Waals surface area contributed by atoms with Gasteiger partial charge in [0.05, 0.1) is 18.3 Å². The SMILES string of the molecule is COc1c(C2CC2)c(CCNc2ncnc(N)c2C#N)nc2ccc(F)cc12. The summed E-state index contributed by atoms with van der Waals surface area (Å²) in [5, 5.41) is 13.1. The minimum atomic E-state index is -0.311. The van der Waals surface area contributed by atoms with Gasteiger partial charge >= 0.3 is 0 Å². The van der Waals surface area contributed by atoms with Crippen molar-refractivity contribution < 1.29 is 9.13 Å². The lowest BCUT2D eigenvalue weighted by Gasteiger charge is -2.16. The van der Waals surface area contributed by atoms with Crippen LogP contribution in [-0.2, 0) is 6.42 Å². The molecule has 1 saturated carbocycles. The smallest absolute Gasteiger partial charge is 0.149 e. The maximum absolute atomic E-state index is 13.8. The van der Waals surface area contributed by atoms with Gasteiger partial charge in [0.15, 0.2) is 0 Å². The summed E-state index contributed by atoms with van der Waals surface area (Å²) in [6, 6.07) is 6.55. The fourth-order valence-electron chi connectivity index (χ4n) is 3.42. The maximum atomic E-state index is 13.8. The monoisotopic (exact) mass is 378 g/mol. The zero-order chi connectivity index (χ0) is 19.7. The van der Waals surface area contributed by atoms with E-state index in [1.165, 1.54) is 18.5 Å². The number of hydrogen-bond acceptors (Lipinski definition) is 7. The van der Waals surface area contributed by atoms with E-state index in [1.807, 2.05) is 6.07 Å². The molecule has 1 aliphatic carbocycles. The fraction of sp³-hybridized carbons (Fsp3) is 0.300. The lowest BCUT2D eigenvalue weighted by Crippen LogP contribution is -2.12. The van der Waals surface area contributed by atoms with Gasteiger partial charge in [-0.2, -0.15) is 5.26 Å². The number of ether oxygens (including phenoxy) is 1. The van der Waals surface area contributed by atoms with Crippen LogP contribution in [0.3, 0.4) is 0 Å². The van der Waals surface area contributed by atoms with E-state index in [1.54, 1.807) is 13.2 Å². The topological polar surface area (TPSA) is 110 Å². The summed E-state index contributed by atoms with van der Waals surface area (Å²) in [5.74, 6) is 1.32. The third-order valence-corrected chi connectivity index (χ3v) is 4.85. The van der Waals surface area contributed by atoms with E-state index in [9.17, 15) is 9.65 Å². The van der Waals surface area contributed by atoms with E-state index in [2.05, 4.69) is 15.3 Å². The molecule has 1 aliphatic rings. The van der Waals surface area contributed by atoms with Crippen molar-refractivity contribution in [1.82, 2.24) is 15.0 Å². The summed E-state index contributed by atoms with van der Waals surface area (Å²) >= 11 is 0. The van der Waals surface area contributed by atoms with Crippen molar-refractivity contribution in [3.8, 4) is 11.8 Å². The Morgan fingerprint density at radius 3 is 2.89 bits per heavy atom. The predicted octanol–water partition coefficient (Wildman–Crippen LogP) is 3.16. The molecule has 1 fully saturated rings. The molecule has 4 rings (SSSR count). The number of hydrogen-bond donors (Lipinski definition) is 2. The summed E-state index contributed by atoms with van der Waals surface area (Å²) < 4.78 is 19.4. The average Bonchev–Trinajstić information content (AvgIpc) is 3.52. The highest BCUT2D eigenvalue weighted by Crippen LogP contribution is 2.48. The Hall–Kier alpha value is -3.47. The van der Waals surface area contributed by atoms with Crippen molar-refractivity contribution in [2.45, 2.75) is 25.2 Å². The van der Waals surface area contributed by atoms with Gasteiger partial charge in [-0.1, -0.05) is 0 Å². The number of nitriles is 1. The van der Waals surface area contributed by atoms with Crippen LogP contribution in [0.25, 0.3) is 10.9 Å². The molecule has 0 radical (unpaired) electrons. The molecule has 0 atom stereocenters. The lowest BCUT2D eigenvalue weighted by atomic mass is 10.0. The molecule has 7 nitrogen and oxygen atoms in total. The highest BCUT2D eigenvalue weighted by Gasteiger charge is 2.31. The number of nitrogens with zero attached hydrogens (tertiary/aromatic N) is 4. The number of methoxy groups -OCH3 is 1. The first-order chi connectivity index (χ1) is 13.6. The van der Waals surface area contributed by atoms with Crippen LogP contribution in [0.15, 0.2) is 24.5 Å². The van der Waals surface area contributed by atoms with Crippen LogP contribution in [0.4, 0.5) is 16.0 Å². The van der Waals surface area contributed by atoms with Crippen LogP contribution < -0.4 is 15.8 Å². The number of aromatic nitrogens is 3. The first kappa shape index (κ1) is 17.9. The van der Waals surface area contributed by atoms with Crippen molar-refractivity contribution in [1.29, 1.82) is 5.26 Å². The van der Waals surface area contributed by atoms with E-state index >= 15 is 0 Å². The molecular formula is C20H19FN6O. The van der Waals surface area contributed by atoms with Crippen molar-refractivity contribution in [2.75, 3.05) is 24.7 Å². The number of anilines is 2. The Bertz CT molecular complexity index is 1090. The number of nitrogens with one attached hydrogen (secondary N) is 1. The molecule has 142 valence electrons. The Balaban J connectivity index is 1.66. The van der Waals surface area contributed by atoms with Gasteiger partial charge in [-0.3, -0.25) is 4.98 Å². The van der Waals surface area contributed by atoms with Gasteiger partial charge in [0.2, 0.25) is 0 Å². The standard InChI is InChI=1S/C20H19FN6O/c1-28-18-13-8-12(21)4-5-15(13)27-16(17(18)11-2-3-11)6-7-24-20-14(9-22)19(23)25-10-26-20/h4-5,8,10-11H,2-3,6-7H2,1H3,(H3,23,24,25,26). The first-order valence-corrected chi connectivity index (χ1v) is 9.02. The number of nitrogens with two attached hydrogens (primary N) is 1. The fourth-order valence-corrected chi connectivity index (χ4v) is 3.42. The van der Waals surface area contributed by atoms with E-state index in [4.69, 9.17) is 15.5 Å². The maximum Gasteiger partial charge on any atom is 0.149 e. The summed E-state index contributed by atoms with van der Waals surface area (Å²) in [7, 11) is 1.61. The van der Waals surface area contributed by atoms with Gasteiger partial charge in [-0.15, -0.1) is 0 Å². The van der Waals surface area contributed by atoms with Crippen LogP contribution in [0, 0.1) is 17.1 Å². The summed E-state index contributed by atoms with van der Waals surface area (Å²) in [6.07, 6.45) is 4.06. The number of benzene rings is 1. The zero-order valence-electron chi connectivity index (χ0n) is 15.4. The van der Waals surface area contributed by atoms with Crippen LogP contribution >= 0.6 is 0 Å². The van der Waals surface area contributed by atoms with Crippen molar-refractivity contribution >= 4 is 22.5 Å². The van der Waals surface area contributed by atoms with Gasteiger partial charge in [0, 0.05) is 23.9 Å². The highest BCUT2D eigenvalue weighted by atomic mass is 19.1. The Morgan fingerprint density at radius 1 is 1.36 bits per heavy atom. The number of fused-ring (bicyclic) bond motifs is 1. The van der Waals surface area contributed by atoms with E-state index in [0.29, 0.717) is 41.4 Å². The quantitative estimate of drug-likeness (QED) is 0.678. The summed E-state index contributed by atoms with van der Waals surface area (Å²) in [4.78, 5) is 12.7. The average molecular weight is 378 g/mol. The van der Waals surface area contributed by atoms with Crippen molar-refractivity contribution in [2.24, 2.45) is 0 Å². The van der Waals surface area contributed by atoms with E-state index in [-0.39, 0.29) is 17.2 Å². The highest BCUT2D eigenvalue weighted by molar-refractivity contribution is 5.87. The molecule has 0 spiro atoms. The molecular weight excluding hydrogens is 359 g/mol. The zero-order valence-corrected chi connectivity index (χ0v) is 15.4. The minimum absolute atomic E-state index is 0.145. The van der Waals surface area contributed by atoms with Gasteiger partial charge in [-0.05, 0) is 37.0 Å². The van der Waals surface area contributed by atoms with Gasteiger partial charge in [0.1, 0.15) is 41.2 Å². The van der Waals surface area contributed by atoms with Crippen molar-refractivity contribution in [3.05, 3.63) is 47.2 Å². The second-order valence-electron chi connectivity index (χ2n) is 6.71. The van der Waals surface area contributed by atoms with Gasteiger partial charge in [-0.25, -0.2) is 14.4 Å². The third-order valence-electron chi connectivity index (χ3n) is 4.85. The van der Waals surface area contributed by atoms with Gasteiger partial charge in [0.25, 0.3) is 0 Å². The second kappa shape index (κ2) is 7.27. The van der Waals surface area contributed by atoms with Crippen molar-refractivity contribution in [3.63, 3.8) is 0 Å². The molecule has 1 aromatic carbocycles. The molecule has 0 amide bonds. The first-order valence-electron chi connectivity index (χ1n) is 9.02. The molecule has 3 aromatic rings. The summed E-state index contributed by atoms with van der Waals surface area (Å²) in [6.45, 7) is 0.508. The van der Waals surface area contributed by atoms with Crippen LogP contribution in [0.1, 0.15) is 35.6 Å². The predicted molar refractivity (Wildman–Crippen MR) is 104 cm³/mol. The minimum Gasteiger partial charge on any atom is -0.496 e. The molecule has 0 bridgehead atoms. The van der Waals surface area contributed by atoms with Crippen LogP contribution in [-0.4, -0.2) is 28.6 Å². The number of rotatable bonds is 6. The van der Waals surface area contributed by atoms with Crippen LogP contribution in [0.5, 0.6) is 5.75 Å². The molecule has 2 aromatic heterocycles. The molecule has 2 heterocycles. The van der Waals surface area contributed by atoms with Crippen LogP contribution in [0.2, 0.25) is 0 Å². The number of pyridine rings is 1. The number of halogens is 1. The molecule has 0 aliphatic heterocycles. The molecule has 0 unspecified atom stereocenters. The Morgan fingerprint density at radius 2 is 2.18 bits per heavy atom. The Labute approximate surface area is 161 Å². The Kier molecular flexibility index (Phi) is 4.65. The lowest BCUT2D eigenvalue weighted by molar-refractivity contribution is 0.413. The molecule has 0 saturated heterocycles. The van der Waals surface area contributed by atoms with E-state index in [0.717, 1.165) is 24.1 Å². The molecule has 3 N–H and O–H groups in total. The number of nitrogen functional groups attached to an aromatic ring is 1. The third kappa shape index (κ3) is 3.27. The normalized spacial score (nSPS) is 13.3. The summed E-state index contributed by atoms with van der Waals surface area (Å²) in [5.41, 5.74) is 8.60. The second-order valence-corrected chi connectivity index (χ2v) is 6.71. The van der Waals surface area contributed by atoms with E-state index < -0.39 is 0 Å². The largest absolute Gasteiger partial charge is 0.496 e. The van der Waals surface area contributed by atoms with Gasteiger partial charge < -0.3 is 15.8 Å². The molecule has 28 heavy (non-hydrogen) atoms.